The van der Waals surface area contributed by atoms with Gasteiger partial charge in [-0.2, -0.15) is 0 Å². The number of rotatable bonds is 7. The van der Waals surface area contributed by atoms with Gasteiger partial charge in [-0.15, -0.1) is 0 Å². The third-order valence-corrected chi connectivity index (χ3v) is 6.56. The smallest absolute Gasteiger partial charge is 0.269 e. The first-order chi connectivity index (χ1) is 18.5. The number of aliphatic hydroxyl groups excluding tert-OH is 1. The van der Waals surface area contributed by atoms with Crippen LogP contribution in [0.2, 0.25) is 0 Å². The summed E-state index contributed by atoms with van der Waals surface area (Å²) in [4.78, 5) is 13.8. The quantitative estimate of drug-likeness (QED) is 0.172. The Labute approximate surface area is 224 Å². The summed E-state index contributed by atoms with van der Waals surface area (Å²) in [5.74, 6) is 4.83. The van der Waals surface area contributed by atoms with Gasteiger partial charge in [-0.3, -0.25) is 15.4 Å². The van der Waals surface area contributed by atoms with Gasteiger partial charge in [0.2, 0.25) is 0 Å². The molecule has 0 heterocycles. The van der Waals surface area contributed by atoms with Gasteiger partial charge < -0.3 is 9.94 Å². The molecule has 1 aliphatic rings. The Morgan fingerprint density at radius 1 is 0.895 bits per heavy atom. The summed E-state index contributed by atoms with van der Waals surface area (Å²) in [6.07, 6.45) is 0. The van der Waals surface area contributed by atoms with Gasteiger partial charge >= 0.3 is 0 Å². The normalized spacial score (nSPS) is 16.7. The van der Waals surface area contributed by atoms with Crippen LogP contribution in [0.25, 0.3) is 0 Å². The molecule has 0 saturated heterocycles. The predicted octanol–water partition coefficient (Wildman–Crippen LogP) is 5.48. The summed E-state index contributed by atoms with van der Waals surface area (Å²) in [6.45, 7) is 4.24. The van der Waals surface area contributed by atoms with E-state index in [0.29, 0.717) is 12.5 Å². The van der Waals surface area contributed by atoms with Crippen LogP contribution in [-0.2, 0) is 10.3 Å². The topological polar surface area (TPSA) is 111 Å². The van der Waals surface area contributed by atoms with Crippen molar-refractivity contribution in [1.29, 1.82) is 0 Å². The Balaban J connectivity index is 0.000000237. The molecule has 4 N–H and O–H groups in total. The van der Waals surface area contributed by atoms with Gasteiger partial charge in [0.25, 0.3) is 5.69 Å². The van der Waals surface area contributed by atoms with Crippen LogP contribution >= 0.6 is 0 Å². The molecular formula is C31H35N3O4. The molecule has 7 nitrogen and oxygen atoms in total. The maximum atomic E-state index is 10.2. The van der Waals surface area contributed by atoms with E-state index in [1.165, 1.54) is 22.8 Å². The van der Waals surface area contributed by atoms with Crippen molar-refractivity contribution in [2.75, 3.05) is 13.3 Å². The standard InChI is InChI=1S/C22H21NO.C7H7NO2.C2H7NO/c24-16-23-21-20(17-10-4-1-5-11-17)22(21,18-12-6-2-7-13-18)19-14-8-3-9-15-19;1-6-3-2-4-7(5-6)8(9)10;1-2-4-3/h1-15,20-21,23-24H,16H2;2-5H,1H3;2-3H2,1H3. The van der Waals surface area contributed by atoms with Gasteiger partial charge in [0.15, 0.2) is 0 Å². The zero-order valence-corrected chi connectivity index (χ0v) is 21.7. The lowest BCUT2D eigenvalue weighted by atomic mass is 9.84. The molecule has 1 fully saturated rings. The van der Waals surface area contributed by atoms with Crippen LogP contribution in [0.4, 0.5) is 5.69 Å². The highest BCUT2D eigenvalue weighted by molar-refractivity contribution is 5.58. The van der Waals surface area contributed by atoms with Gasteiger partial charge in [-0.1, -0.05) is 103 Å². The molecule has 7 heteroatoms. The molecule has 1 aliphatic carbocycles. The number of aryl methyl sites for hydroxylation is 1. The molecule has 2 atom stereocenters. The lowest BCUT2D eigenvalue weighted by Crippen LogP contribution is -2.27. The summed E-state index contributed by atoms with van der Waals surface area (Å²) < 4.78 is 0. The SMILES string of the molecule is CCON.Cc1cccc([N+](=O)[O-])c1.OCNC1C(c2ccccc2)C1(c1ccccc1)c1ccccc1. The minimum atomic E-state index is -0.396. The van der Waals surface area contributed by atoms with Gasteiger partial charge in [-0.25, -0.2) is 5.90 Å². The van der Waals surface area contributed by atoms with E-state index in [9.17, 15) is 15.2 Å². The number of nitrogens with one attached hydrogen (secondary N) is 1. The summed E-state index contributed by atoms with van der Waals surface area (Å²) in [5.41, 5.74) is 4.80. The molecule has 0 amide bonds. The number of non-ortho nitro benzene ring substituents is 1. The minimum absolute atomic E-state index is 0.0184. The molecule has 198 valence electrons. The van der Waals surface area contributed by atoms with Crippen LogP contribution in [0.15, 0.2) is 115 Å². The molecule has 4 aromatic carbocycles. The number of nitrogens with zero attached hydrogens (tertiary/aromatic N) is 1. The van der Waals surface area contributed by atoms with Crippen LogP contribution in [0.1, 0.15) is 35.1 Å². The van der Waals surface area contributed by atoms with Gasteiger partial charge in [0.1, 0.15) is 0 Å². The molecule has 4 aromatic rings. The van der Waals surface area contributed by atoms with E-state index in [4.69, 9.17) is 0 Å². The van der Waals surface area contributed by atoms with Gasteiger partial charge in [-0.05, 0) is 36.1 Å². The first-order valence-electron chi connectivity index (χ1n) is 12.5. The molecular weight excluding hydrogens is 478 g/mol. The number of aliphatic hydroxyl groups is 1. The minimum Gasteiger partial charge on any atom is -0.381 e. The number of nitro groups is 1. The van der Waals surface area contributed by atoms with Crippen molar-refractivity contribution in [2.45, 2.75) is 31.2 Å². The van der Waals surface area contributed by atoms with Crippen molar-refractivity contribution in [3.05, 3.63) is 148 Å². The summed E-state index contributed by atoms with van der Waals surface area (Å²) >= 11 is 0. The lowest BCUT2D eigenvalue weighted by Gasteiger charge is -2.20. The first kappa shape index (κ1) is 28.7. The van der Waals surface area contributed by atoms with Crippen molar-refractivity contribution in [2.24, 2.45) is 5.90 Å². The van der Waals surface area contributed by atoms with Crippen molar-refractivity contribution in [3.8, 4) is 0 Å². The molecule has 0 aromatic heterocycles. The Morgan fingerprint density at radius 2 is 1.39 bits per heavy atom. The van der Waals surface area contributed by atoms with Gasteiger partial charge in [0.05, 0.1) is 18.3 Å². The Kier molecular flexibility index (Phi) is 10.7. The van der Waals surface area contributed by atoms with Crippen molar-refractivity contribution in [3.63, 3.8) is 0 Å². The molecule has 5 rings (SSSR count). The van der Waals surface area contributed by atoms with Crippen LogP contribution in [0.3, 0.4) is 0 Å². The first-order valence-corrected chi connectivity index (χ1v) is 12.5. The third kappa shape index (κ3) is 6.70. The molecule has 0 bridgehead atoms. The van der Waals surface area contributed by atoms with E-state index in [-0.39, 0.29) is 23.9 Å². The second-order valence-electron chi connectivity index (χ2n) is 8.88. The van der Waals surface area contributed by atoms with E-state index in [1.54, 1.807) is 12.1 Å². The number of hydrogen-bond acceptors (Lipinski definition) is 6. The van der Waals surface area contributed by atoms with Crippen LogP contribution in [-0.4, -0.2) is 29.4 Å². The second kappa shape index (κ2) is 14.2. The maximum absolute atomic E-state index is 10.2. The molecule has 1 saturated carbocycles. The Hall–Kier alpha value is -3.88. The zero-order valence-electron chi connectivity index (χ0n) is 21.7. The van der Waals surface area contributed by atoms with Crippen molar-refractivity contribution >= 4 is 5.69 Å². The highest BCUT2D eigenvalue weighted by Gasteiger charge is 2.66. The number of hydrogen-bond donors (Lipinski definition) is 3. The lowest BCUT2D eigenvalue weighted by molar-refractivity contribution is -0.384. The van der Waals surface area contributed by atoms with E-state index in [2.05, 4.69) is 101 Å². The number of nitro benzene ring substituents is 1. The summed E-state index contributed by atoms with van der Waals surface area (Å²) in [7, 11) is 0. The van der Waals surface area contributed by atoms with Crippen LogP contribution in [0.5, 0.6) is 0 Å². The monoisotopic (exact) mass is 513 g/mol. The average molecular weight is 514 g/mol. The highest BCUT2D eigenvalue weighted by atomic mass is 16.6. The summed E-state index contributed by atoms with van der Waals surface area (Å²) in [6, 6.07) is 38.6. The van der Waals surface area contributed by atoms with Crippen molar-refractivity contribution < 1.29 is 14.9 Å². The van der Waals surface area contributed by atoms with E-state index in [1.807, 2.05) is 26.0 Å². The van der Waals surface area contributed by atoms with E-state index >= 15 is 0 Å². The molecule has 38 heavy (non-hydrogen) atoms. The van der Waals surface area contributed by atoms with Gasteiger partial charge in [0, 0.05) is 29.5 Å². The second-order valence-corrected chi connectivity index (χ2v) is 8.88. The molecule has 0 radical (unpaired) electrons. The fourth-order valence-corrected chi connectivity index (χ4v) is 4.94. The Morgan fingerprint density at radius 3 is 1.79 bits per heavy atom. The molecule has 0 spiro atoms. The molecule has 2 unspecified atom stereocenters. The van der Waals surface area contributed by atoms with Crippen molar-refractivity contribution in [1.82, 2.24) is 5.32 Å². The largest absolute Gasteiger partial charge is 0.381 e. The van der Waals surface area contributed by atoms with Crippen LogP contribution < -0.4 is 11.2 Å². The fraction of sp³-hybridized carbons (Fsp3) is 0.226. The number of nitrogens with two attached hydrogens (primary N) is 1. The predicted molar refractivity (Wildman–Crippen MR) is 151 cm³/mol. The average Bonchev–Trinajstić information content (AvgIpc) is 3.64. The fourth-order valence-electron chi connectivity index (χ4n) is 4.94. The Bertz CT molecular complexity index is 1210. The molecule has 0 aliphatic heterocycles. The van der Waals surface area contributed by atoms with E-state index in [0.717, 1.165) is 5.56 Å². The highest BCUT2D eigenvalue weighted by Crippen LogP contribution is 2.64. The van der Waals surface area contributed by atoms with Crippen LogP contribution in [0, 0.1) is 17.0 Å². The zero-order chi connectivity index (χ0) is 27.4. The number of benzene rings is 4. The summed E-state index contributed by atoms with van der Waals surface area (Å²) in [5, 5.41) is 23.0. The maximum Gasteiger partial charge on any atom is 0.269 e. The van der Waals surface area contributed by atoms with E-state index < -0.39 is 4.92 Å². The third-order valence-electron chi connectivity index (χ3n) is 6.56.